The number of hydrazine groups is 1. The fourth-order valence-corrected chi connectivity index (χ4v) is 1.50. The molecular formula is C8H12N2. The van der Waals surface area contributed by atoms with E-state index in [0.717, 1.165) is 13.0 Å². The second-order valence-electron chi connectivity index (χ2n) is 2.88. The van der Waals surface area contributed by atoms with E-state index in [0.29, 0.717) is 0 Å². The van der Waals surface area contributed by atoms with Crippen molar-refractivity contribution in [3.63, 3.8) is 0 Å². The summed E-state index contributed by atoms with van der Waals surface area (Å²) in [5, 5.41) is 0. The van der Waals surface area contributed by atoms with Crippen LogP contribution in [0.25, 0.3) is 0 Å². The fraction of sp³-hybridized carbons (Fsp3) is 0.500. The van der Waals surface area contributed by atoms with E-state index in [-0.39, 0.29) is 5.54 Å². The molecule has 2 nitrogen and oxygen atoms in total. The van der Waals surface area contributed by atoms with Crippen molar-refractivity contribution in [1.82, 2.24) is 10.9 Å². The molecule has 0 atom stereocenters. The highest BCUT2D eigenvalue weighted by Gasteiger charge is 2.28. The number of rotatable bonds is 0. The average Bonchev–Trinajstić information content (AvgIpc) is 2.39. The first-order valence-corrected chi connectivity index (χ1v) is 3.77. The van der Waals surface area contributed by atoms with Crippen LogP contribution in [0, 0.1) is 0 Å². The van der Waals surface area contributed by atoms with Crippen LogP contribution in [0.5, 0.6) is 0 Å². The SMILES string of the molecule is C1=CC2(C=CC1)CCNN2. The third-order valence-corrected chi connectivity index (χ3v) is 2.09. The molecule has 0 aromatic rings. The molecule has 2 rings (SSSR count). The van der Waals surface area contributed by atoms with E-state index in [1.54, 1.807) is 0 Å². The van der Waals surface area contributed by atoms with E-state index in [4.69, 9.17) is 0 Å². The maximum Gasteiger partial charge on any atom is 0.0695 e. The van der Waals surface area contributed by atoms with Crippen molar-refractivity contribution in [3.8, 4) is 0 Å². The summed E-state index contributed by atoms with van der Waals surface area (Å²) in [6.45, 7) is 1.06. The Morgan fingerprint density at radius 1 is 1.20 bits per heavy atom. The van der Waals surface area contributed by atoms with Gasteiger partial charge in [0.1, 0.15) is 0 Å². The van der Waals surface area contributed by atoms with Gasteiger partial charge in [-0.25, -0.2) is 5.43 Å². The Bertz CT molecular complexity index is 162. The zero-order valence-electron chi connectivity index (χ0n) is 5.93. The smallest absolute Gasteiger partial charge is 0.0695 e. The molecule has 0 unspecified atom stereocenters. The molecular weight excluding hydrogens is 124 g/mol. The molecule has 1 spiro atoms. The Morgan fingerprint density at radius 3 is 2.60 bits per heavy atom. The Kier molecular flexibility index (Phi) is 1.36. The second kappa shape index (κ2) is 2.22. The largest absolute Gasteiger partial charge is 0.257 e. The molecule has 0 bridgehead atoms. The van der Waals surface area contributed by atoms with Gasteiger partial charge in [-0.1, -0.05) is 24.3 Å². The summed E-state index contributed by atoms with van der Waals surface area (Å²) in [6.07, 6.45) is 11.2. The molecule has 2 N–H and O–H groups in total. The van der Waals surface area contributed by atoms with Gasteiger partial charge in [0.25, 0.3) is 0 Å². The molecule has 1 fully saturated rings. The van der Waals surface area contributed by atoms with Crippen molar-refractivity contribution in [2.75, 3.05) is 6.54 Å². The summed E-state index contributed by atoms with van der Waals surface area (Å²) in [7, 11) is 0. The molecule has 0 radical (unpaired) electrons. The zero-order valence-corrected chi connectivity index (χ0v) is 5.93. The lowest BCUT2D eigenvalue weighted by Crippen LogP contribution is -2.40. The summed E-state index contributed by atoms with van der Waals surface area (Å²) in [4.78, 5) is 0. The highest BCUT2D eigenvalue weighted by Crippen LogP contribution is 2.20. The lowest BCUT2D eigenvalue weighted by atomic mass is 9.93. The first-order chi connectivity index (χ1) is 4.91. The normalized spacial score (nSPS) is 28.0. The minimum Gasteiger partial charge on any atom is -0.257 e. The number of allylic oxidation sites excluding steroid dienone is 2. The lowest BCUT2D eigenvalue weighted by Gasteiger charge is -2.22. The highest BCUT2D eigenvalue weighted by atomic mass is 15.4. The van der Waals surface area contributed by atoms with Crippen LogP contribution in [0.2, 0.25) is 0 Å². The molecule has 10 heavy (non-hydrogen) atoms. The molecule has 54 valence electrons. The summed E-state index contributed by atoms with van der Waals surface area (Å²) >= 11 is 0. The molecule has 0 aromatic carbocycles. The van der Waals surface area contributed by atoms with Crippen LogP contribution in [0.3, 0.4) is 0 Å². The van der Waals surface area contributed by atoms with Crippen molar-refractivity contribution in [2.45, 2.75) is 18.4 Å². The van der Waals surface area contributed by atoms with Crippen molar-refractivity contribution in [2.24, 2.45) is 0 Å². The number of nitrogens with one attached hydrogen (secondary N) is 2. The molecule has 2 heteroatoms. The molecule has 0 amide bonds. The quantitative estimate of drug-likeness (QED) is 0.480. The van der Waals surface area contributed by atoms with Gasteiger partial charge in [0.05, 0.1) is 5.54 Å². The van der Waals surface area contributed by atoms with E-state index in [1.807, 2.05) is 0 Å². The van der Waals surface area contributed by atoms with Gasteiger partial charge in [0.2, 0.25) is 0 Å². The summed E-state index contributed by atoms with van der Waals surface area (Å²) in [5.74, 6) is 0. The van der Waals surface area contributed by atoms with Gasteiger partial charge in [-0.2, -0.15) is 0 Å². The van der Waals surface area contributed by atoms with E-state index in [9.17, 15) is 0 Å². The van der Waals surface area contributed by atoms with Crippen molar-refractivity contribution < 1.29 is 0 Å². The Labute approximate surface area is 61.0 Å². The van der Waals surface area contributed by atoms with Gasteiger partial charge in [0, 0.05) is 6.54 Å². The lowest BCUT2D eigenvalue weighted by molar-refractivity contribution is 0.526. The van der Waals surface area contributed by atoms with Gasteiger partial charge in [-0.05, 0) is 12.8 Å². The van der Waals surface area contributed by atoms with E-state index in [1.165, 1.54) is 6.42 Å². The third-order valence-electron chi connectivity index (χ3n) is 2.09. The first kappa shape index (κ1) is 6.13. The molecule has 2 aliphatic rings. The Hall–Kier alpha value is -0.600. The second-order valence-corrected chi connectivity index (χ2v) is 2.88. The van der Waals surface area contributed by atoms with Gasteiger partial charge in [-0.3, -0.25) is 5.43 Å². The molecule has 0 saturated carbocycles. The van der Waals surface area contributed by atoms with Crippen LogP contribution in [-0.4, -0.2) is 12.1 Å². The van der Waals surface area contributed by atoms with Crippen LogP contribution in [-0.2, 0) is 0 Å². The van der Waals surface area contributed by atoms with E-state index >= 15 is 0 Å². The van der Waals surface area contributed by atoms with Gasteiger partial charge >= 0.3 is 0 Å². The summed E-state index contributed by atoms with van der Waals surface area (Å²) in [6, 6.07) is 0. The monoisotopic (exact) mass is 136 g/mol. The minimum atomic E-state index is 0.151. The predicted molar refractivity (Wildman–Crippen MR) is 41.4 cm³/mol. The molecule has 1 aliphatic carbocycles. The van der Waals surface area contributed by atoms with Crippen LogP contribution in [0.15, 0.2) is 24.3 Å². The maximum atomic E-state index is 3.25. The number of hydrogen-bond acceptors (Lipinski definition) is 2. The zero-order chi connectivity index (χ0) is 6.86. The van der Waals surface area contributed by atoms with Crippen LogP contribution in [0.4, 0.5) is 0 Å². The minimum absolute atomic E-state index is 0.151. The third kappa shape index (κ3) is 0.895. The van der Waals surface area contributed by atoms with Gasteiger partial charge < -0.3 is 0 Å². The Morgan fingerprint density at radius 2 is 2.00 bits per heavy atom. The fourth-order valence-electron chi connectivity index (χ4n) is 1.50. The number of hydrogen-bond donors (Lipinski definition) is 2. The van der Waals surface area contributed by atoms with E-state index < -0.39 is 0 Å². The summed E-state index contributed by atoms with van der Waals surface area (Å²) in [5.41, 5.74) is 6.53. The van der Waals surface area contributed by atoms with Gasteiger partial charge in [0.15, 0.2) is 0 Å². The van der Waals surface area contributed by atoms with E-state index in [2.05, 4.69) is 35.2 Å². The van der Waals surface area contributed by atoms with Gasteiger partial charge in [-0.15, -0.1) is 0 Å². The van der Waals surface area contributed by atoms with Crippen LogP contribution in [0.1, 0.15) is 12.8 Å². The predicted octanol–water partition coefficient (Wildman–Crippen LogP) is 0.739. The standard InChI is InChI=1S/C8H12N2/c1-2-4-8(5-3-1)6-7-9-10-8/h2-5,9-10H,1,6-7H2. The first-order valence-electron chi connectivity index (χ1n) is 3.77. The molecule has 1 heterocycles. The van der Waals surface area contributed by atoms with Crippen molar-refractivity contribution in [3.05, 3.63) is 24.3 Å². The summed E-state index contributed by atoms with van der Waals surface area (Å²) < 4.78 is 0. The Balaban J connectivity index is 2.19. The topological polar surface area (TPSA) is 24.1 Å². The maximum absolute atomic E-state index is 3.25. The average molecular weight is 136 g/mol. The van der Waals surface area contributed by atoms with Crippen LogP contribution >= 0.6 is 0 Å². The van der Waals surface area contributed by atoms with Crippen LogP contribution < -0.4 is 10.9 Å². The molecule has 1 saturated heterocycles. The van der Waals surface area contributed by atoms with Crippen molar-refractivity contribution >= 4 is 0 Å². The highest BCUT2D eigenvalue weighted by molar-refractivity contribution is 5.24. The molecule has 0 aromatic heterocycles. The molecule has 1 aliphatic heterocycles. The van der Waals surface area contributed by atoms with Crippen molar-refractivity contribution in [1.29, 1.82) is 0 Å².